The number of aromatic nitrogens is 4. The second-order valence-corrected chi connectivity index (χ2v) is 7.32. The maximum Gasteiger partial charge on any atom is 0.290 e. The highest BCUT2D eigenvalue weighted by Gasteiger charge is 2.14. The maximum absolute atomic E-state index is 13.2. The fourth-order valence-electron chi connectivity index (χ4n) is 3.15. The van der Waals surface area contributed by atoms with Crippen LogP contribution < -0.4 is 15.8 Å². The molecule has 31 heavy (non-hydrogen) atoms. The number of carbonyl (C=O) groups is 1. The Labute approximate surface area is 177 Å². The van der Waals surface area contributed by atoms with Gasteiger partial charge in [-0.15, -0.1) is 0 Å². The first kappa shape index (κ1) is 20.3. The van der Waals surface area contributed by atoms with Crippen molar-refractivity contribution in [2.24, 2.45) is 0 Å². The number of benzene rings is 2. The van der Waals surface area contributed by atoms with Gasteiger partial charge in [-0.2, -0.15) is 10.2 Å². The third-order valence-corrected chi connectivity index (χ3v) is 4.87. The summed E-state index contributed by atoms with van der Waals surface area (Å²) in [6.07, 6.45) is -0.0619. The minimum absolute atomic E-state index is 0.0619. The van der Waals surface area contributed by atoms with Crippen LogP contribution in [0.5, 0.6) is 0 Å². The van der Waals surface area contributed by atoms with Gasteiger partial charge in [0.2, 0.25) is 5.91 Å². The van der Waals surface area contributed by atoms with Crippen LogP contribution in [0.4, 0.5) is 10.1 Å². The lowest BCUT2D eigenvalue weighted by molar-refractivity contribution is -0.120. The van der Waals surface area contributed by atoms with E-state index in [2.05, 4.69) is 20.6 Å². The van der Waals surface area contributed by atoms with Crippen LogP contribution in [0.25, 0.3) is 16.8 Å². The van der Waals surface area contributed by atoms with Crippen LogP contribution in [0.2, 0.25) is 0 Å². The Morgan fingerprint density at radius 3 is 2.52 bits per heavy atom. The molecule has 0 radical (unpaired) electrons. The summed E-state index contributed by atoms with van der Waals surface area (Å²) in [4.78, 5) is 26.6. The summed E-state index contributed by atoms with van der Waals surface area (Å²) in [6, 6.07) is 15.2. The number of rotatable bonds is 6. The van der Waals surface area contributed by atoms with E-state index in [4.69, 9.17) is 0 Å². The van der Waals surface area contributed by atoms with Crippen LogP contribution in [-0.4, -0.2) is 39.8 Å². The lowest BCUT2D eigenvalue weighted by Gasteiger charge is -2.13. The van der Waals surface area contributed by atoms with E-state index in [9.17, 15) is 14.0 Å². The van der Waals surface area contributed by atoms with Gasteiger partial charge < -0.3 is 10.2 Å². The normalized spacial score (nSPS) is 10.9. The van der Waals surface area contributed by atoms with Crippen LogP contribution in [0.15, 0.2) is 59.4 Å². The third kappa shape index (κ3) is 4.45. The average Bonchev–Trinajstić information content (AvgIpc) is 3.22. The van der Waals surface area contributed by atoms with E-state index in [1.807, 2.05) is 43.3 Å². The number of nitrogens with one attached hydrogen (secondary N) is 2. The van der Waals surface area contributed by atoms with Crippen molar-refractivity contribution in [3.63, 3.8) is 0 Å². The zero-order chi connectivity index (χ0) is 22.0. The number of anilines is 1. The van der Waals surface area contributed by atoms with Gasteiger partial charge in [0.05, 0.1) is 12.1 Å². The predicted octanol–water partition coefficient (Wildman–Crippen LogP) is 2.15. The Morgan fingerprint density at radius 2 is 1.84 bits per heavy atom. The monoisotopic (exact) mass is 420 g/mol. The first-order valence-electron chi connectivity index (χ1n) is 9.67. The first-order chi connectivity index (χ1) is 14.9. The van der Waals surface area contributed by atoms with E-state index >= 15 is 0 Å². The molecule has 2 heterocycles. The molecule has 2 aromatic heterocycles. The maximum atomic E-state index is 13.2. The van der Waals surface area contributed by atoms with Crippen molar-refractivity contribution < 1.29 is 9.18 Å². The molecule has 4 aromatic rings. The summed E-state index contributed by atoms with van der Waals surface area (Å²) in [5.74, 6) is -0.319. The van der Waals surface area contributed by atoms with E-state index in [1.54, 1.807) is 18.2 Å². The zero-order valence-corrected chi connectivity index (χ0v) is 17.1. The van der Waals surface area contributed by atoms with Crippen molar-refractivity contribution in [1.82, 2.24) is 25.1 Å². The van der Waals surface area contributed by atoms with Gasteiger partial charge in [0.15, 0.2) is 5.82 Å². The lowest BCUT2D eigenvalue weighted by Crippen LogP contribution is -2.27. The Balaban J connectivity index is 1.51. The quantitative estimate of drug-likeness (QED) is 0.498. The molecule has 158 valence electrons. The highest BCUT2D eigenvalue weighted by Crippen LogP contribution is 2.19. The molecule has 0 bridgehead atoms. The number of nitrogens with zero attached hydrogens (tertiary/aromatic N) is 4. The van der Waals surface area contributed by atoms with Gasteiger partial charge in [-0.3, -0.25) is 9.59 Å². The Bertz CT molecular complexity index is 1280. The standard InChI is InChI=1S/C22H21FN6O2/c1-28(2)17-9-3-14(4-10-17)13-24-21(30)12-20-25-26-22(31)19-11-18(27-29(19)20)15-5-7-16(23)8-6-15/h3-11H,12-13H2,1-2H3,(H,24,30)(H,26,31). The van der Waals surface area contributed by atoms with Gasteiger partial charge in [0, 0.05) is 31.9 Å². The minimum Gasteiger partial charge on any atom is -0.378 e. The molecule has 8 nitrogen and oxygen atoms in total. The van der Waals surface area contributed by atoms with E-state index in [0.717, 1.165) is 11.3 Å². The molecule has 0 spiro atoms. The van der Waals surface area contributed by atoms with Gasteiger partial charge in [-0.1, -0.05) is 12.1 Å². The Morgan fingerprint density at radius 1 is 1.13 bits per heavy atom. The molecule has 0 atom stereocenters. The summed E-state index contributed by atoms with van der Waals surface area (Å²) < 4.78 is 14.5. The lowest BCUT2D eigenvalue weighted by atomic mass is 10.1. The number of hydrogen-bond acceptors (Lipinski definition) is 5. The molecule has 0 saturated carbocycles. The van der Waals surface area contributed by atoms with Crippen molar-refractivity contribution in [3.8, 4) is 11.3 Å². The largest absolute Gasteiger partial charge is 0.378 e. The highest BCUT2D eigenvalue weighted by molar-refractivity contribution is 5.78. The smallest absolute Gasteiger partial charge is 0.290 e. The van der Waals surface area contributed by atoms with Crippen LogP contribution in [0.3, 0.4) is 0 Å². The molecule has 0 aliphatic carbocycles. The summed E-state index contributed by atoms with van der Waals surface area (Å²) in [6.45, 7) is 0.374. The van der Waals surface area contributed by atoms with Gasteiger partial charge in [-0.05, 0) is 48.0 Å². The van der Waals surface area contributed by atoms with E-state index in [1.165, 1.54) is 16.6 Å². The molecule has 1 amide bonds. The molecule has 2 aromatic carbocycles. The summed E-state index contributed by atoms with van der Waals surface area (Å²) >= 11 is 0. The fourth-order valence-corrected chi connectivity index (χ4v) is 3.15. The number of amides is 1. The molecule has 9 heteroatoms. The Kier molecular flexibility index (Phi) is 5.48. The van der Waals surface area contributed by atoms with Crippen LogP contribution >= 0.6 is 0 Å². The van der Waals surface area contributed by atoms with Crippen LogP contribution in [0, 0.1) is 5.82 Å². The molecule has 4 rings (SSSR count). The molecule has 2 N–H and O–H groups in total. The van der Waals surface area contributed by atoms with Gasteiger partial charge in [-0.25, -0.2) is 14.0 Å². The zero-order valence-electron chi connectivity index (χ0n) is 17.1. The fraction of sp³-hybridized carbons (Fsp3) is 0.182. The summed E-state index contributed by atoms with van der Waals surface area (Å²) in [5, 5.41) is 13.6. The SMILES string of the molecule is CN(C)c1ccc(CNC(=O)Cc2n[nH]c(=O)c3cc(-c4ccc(F)cc4)nn23)cc1. The Hall–Kier alpha value is -4.01. The van der Waals surface area contributed by atoms with E-state index in [0.29, 0.717) is 23.6 Å². The van der Waals surface area contributed by atoms with Crippen molar-refractivity contribution in [2.75, 3.05) is 19.0 Å². The molecule has 0 fully saturated rings. The topological polar surface area (TPSA) is 95.4 Å². The van der Waals surface area contributed by atoms with Gasteiger partial charge in [0.25, 0.3) is 5.56 Å². The van der Waals surface area contributed by atoms with Crippen LogP contribution in [-0.2, 0) is 17.8 Å². The molecule has 0 unspecified atom stereocenters. The average molecular weight is 420 g/mol. The van der Waals surface area contributed by atoms with Crippen molar-refractivity contribution in [2.45, 2.75) is 13.0 Å². The second-order valence-electron chi connectivity index (χ2n) is 7.32. The van der Waals surface area contributed by atoms with E-state index < -0.39 is 5.56 Å². The van der Waals surface area contributed by atoms with Crippen molar-refractivity contribution >= 4 is 17.1 Å². The summed E-state index contributed by atoms with van der Waals surface area (Å²) in [7, 11) is 3.93. The molecule has 0 aliphatic heterocycles. The number of halogens is 1. The summed E-state index contributed by atoms with van der Waals surface area (Å²) in [5.41, 5.74) is 3.02. The molecule has 0 aliphatic rings. The van der Waals surface area contributed by atoms with E-state index in [-0.39, 0.29) is 23.7 Å². The van der Waals surface area contributed by atoms with Gasteiger partial charge in [0.1, 0.15) is 11.3 Å². The third-order valence-electron chi connectivity index (χ3n) is 4.87. The number of hydrogen-bond donors (Lipinski definition) is 2. The molecular weight excluding hydrogens is 399 g/mol. The predicted molar refractivity (Wildman–Crippen MR) is 115 cm³/mol. The second kappa shape index (κ2) is 8.39. The highest BCUT2D eigenvalue weighted by atomic mass is 19.1. The van der Waals surface area contributed by atoms with Gasteiger partial charge >= 0.3 is 0 Å². The number of H-pyrrole nitrogens is 1. The van der Waals surface area contributed by atoms with Crippen LogP contribution in [0.1, 0.15) is 11.4 Å². The first-order valence-corrected chi connectivity index (χ1v) is 9.67. The number of fused-ring (bicyclic) bond motifs is 1. The molecule has 0 saturated heterocycles. The minimum atomic E-state index is -0.425. The number of aromatic amines is 1. The van der Waals surface area contributed by atoms with Crippen molar-refractivity contribution in [1.29, 1.82) is 0 Å². The number of carbonyl (C=O) groups excluding carboxylic acids is 1. The molecular formula is C22H21FN6O2. The van der Waals surface area contributed by atoms with Crippen molar-refractivity contribution in [3.05, 3.63) is 82.2 Å².